The quantitative estimate of drug-likeness (QED) is 0.272. The maximum atomic E-state index is 9.75. The minimum atomic E-state index is 0.409. The number of nitrogens with zero attached hydrogens (tertiary/aromatic N) is 4. The van der Waals surface area contributed by atoms with Gasteiger partial charge in [0.2, 0.25) is 5.88 Å². The third-order valence-corrected chi connectivity index (χ3v) is 4.67. The molecule has 0 bridgehead atoms. The first-order valence-corrected chi connectivity index (χ1v) is 9.24. The van der Waals surface area contributed by atoms with Crippen LogP contribution >= 0.6 is 0 Å². The predicted molar refractivity (Wildman–Crippen MR) is 109 cm³/mol. The number of ether oxygens (including phenoxy) is 2. The SMILES string of the molecule is C=CCN1CCN(/C(=N\O)c2ccc(C)nc2Oc2ccc(OC)cc2)CC1. The van der Waals surface area contributed by atoms with Crippen molar-refractivity contribution < 1.29 is 14.7 Å². The summed E-state index contributed by atoms with van der Waals surface area (Å²) in [6, 6.07) is 11.0. The molecule has 0 aliphatic carbocycles. The van der Waals surface area contributed by atoms with Gasteiger partial charge < -0.3 is 19.6 Å². The summed E-state index contributed by atoms with van der Waals surface area (Å²) in [6.07, 6.45) is 1.90. The highest BCUT2D eigenvalue weighted by molar-refractivity contribution is 6.00. The van der Waals surface area contributed by atoms with Crippen LogP contribution in [-0.4, -0.2) is 65.7 Å². The van der Waals surface area contributed by atoms with Crippen LogP contribution in [0.3, 0.4) is 0 Å². The topological polar surface area (TPSA) is 70.4 Å². The van der Waals surface area contributed by atoms with E-state index in [9.17, 15) is 5.21 Å². The number of aryl methyl sites for hydroxylation is 1. The van der Waals surface area contributed by atoms with Crippen molar-refractivity contribution in [1.82, 2.24) is 14.8 Å². The summed E-state index contributed by atoms with van der Waals surface area (Å²) in [6.45, 7) is 9.80. The Morgan fingerprint density at radius 1 is 1.14 bits per heavy atom. The van der Waals surface area contributed by atoms with Crippen LogP contribution in [0, 0.1) is 6.92 Å². The number of pyridine rings is 1. The van der Waals surface area contributed by atoms with Crippen molar-refractivity contribution in [2.24, 2.45) is 5.16 Å². The average Bonchev–Trinajstić information content (AvgIpc) is 2.72. The Balaban J connectivity index is 1.83. The van der Waals surface area contributed by atoms with Crippen LogP contribution in [0.15, 0.2) is 54.2 Å². The molecule has 7 nitrogen and oxygen atoms in total. The first-order chi connectivity index (χ1) is 13.6. The largest absolute Gasteiger partial charge is 0.497 e. The molecule has 0 unspecified atom stereocenters. The van der Waals surface area contributed by atoms with E-state index in [0.29, 0.717) is 23.0 Å². The summed E-state index contributed by atoms with van der Waals surface area (Å²) in [4.78, 5) is 8.88. The molecule has 0 amide bonds. The van der Waals surface area contributed by atoms with Crippen molar-refractivity contribution in [3.05, 3.63) is 60.3 Å². The number of amidine groups is 1. The summed E-state index contributed by atoms with van der Waals surface area (Å²) in [7, 11) is 1.62. The molecular weight excluding hydrogens is 356 g/mol. The summed E-state index contributed by atoms with van der Waals surface area (Å²) >= 11 is 0. The number of oxime groups is 1. The van der Waals surface area contributed by atoms with Gasteiger partial charge in [0, 0.05) is 38.4 Å². The van der Waals surface area contributed by atoms with E-state index in [0.717, 1.165) is 44.2 Å². The molecule has 148 valence electrons. The van der Waals surface area contributed by atoms with Crippen LogP contribution in [0.4, 0.5) is 0 Å². The number of rotatable bonds is 6. The van der Waals surface area contributed by atoms with Crippen molar-refractivity contribution in [1.29, 1.82) is 0 Å². The molecule has 1 aliphatic rings. The Morgan fingerprint density at radius 3 is 2.43 bits per heavy atom. The van der Waals surface area contributed by atoms with Crippen LogP contribution < -0.4 is 9.47 Å². The molecule has 0 saturated carbocycles. The number of aromatic nitrogens is 1. The van der Waals surface area contributed by atoms with Gasteiger partial charge >= 0.3 is 0 Å². The van der Waals surface area contributed by atoms with Gasteiger partial charge in [0.1, 0.15) is 11.5 Å². The zero-order valence-corrected chi connectivity index (χ0v) is 16.3. The normalized spacial score (nSPS) is 15.4. The predicted octanol–water partition coefficient (Wildman–Crippen LogP) is 3.13. The second kappa shape index (κ2) is 9.23. The Bertz CT molecular complexity index is 828. The van der Waals surface area contributed by atoms with Gasteiger partial charge in [-0.05, 0) is 43.3 Å². The van der Waals surface area contributed by atoms with Crippen LogP contribution in [0.2, 0.25) is 0 Å². The molecule has 7 heteroatoms. The van der Waals surface area contributed by atoms with Crippen molar-refractivity contribution in [3.63, 3.8) is 0 Å². The zero-order valence-electron chi connectivity index (χ0n) is 16.3. The molecule has 1 aliphatic heterocycles. The highest BCUT2D eigenvalue weighted by Gasteiger charge is 2.24. The third-order valence-electron chi connectivity index (χ3n) is 4.67. The summed E-state index contributed by atoms with van der Waals surface area (Å²) in [5, 5.41) is 13.3. The summed E-state index contributed by atoms with van der Waals surface area (Å²) < 4.78 is 11.2. The van der Waals surface area contributed by atoms with E-state index < -0.39 is 0 Å². The first kappa shape index (κ1) is 19.7. The van der Waals surface area contributed by atoms with Gasteiger partial charge in [-0.3, -0.25) is 4.90 Å². The van der Waals surface area contributed by atoms with E-state index in [1.807, 2.05) is 54.3 Å². The molecule has 1 fully saturated rings. The Kier molecular flexibility index (Phi) is 6.49. The molecule has 2 aromatic rings. The number of hydrogen-bond donors (Lipinski definition) is 1. The fourth-order valence-corrected chi connectivity index (χ4v) is 3.15. The molecule has 1 N–H and O–H groups in total. The Hall–Kier alpha value is -3.06. The van der Waals surface area contributed by atoms with Crippen LogP contribution in [0.1, 0.15) is 11.3 Å². The number of methoxy groups -OCH3 is 1. The van der Waals surface area contributed by atoms with Gasteiger partial charge in [0.25, 0.3) is 0 Å². The first-order valence-electron chi connectivity index (χ1n) is 9.24. The lowest BCUT2D eigenvalue weighted by atomic mass is 10.2. The lowest BCUT2D eigenvalue weighted by molar-refractivity contribution is 0.192. The third kappa shape index (κ3) is 4.61. The molecule has 0 radical (unpaired) electrons. The van der Waals surface area contributed by atoms with Crippen molar-refractivity contribution in [2.45, 2.75) is 6.92 Å². The molecular formula is C21H26N4O3. The average molecular weight is 382 g/mol. The number of benzene rings is 1. The number of piperazine rings is 1. The summed E-state index contributed by atoms with van der Waals surface area (Å²) in [5.74, 6) is 2.26. The summed E-state index contributed by atoms with van der Waals surface area (Å²) in [5.41, 5.74) is 1.47. The molecule has 0 spiro atoms. The standard InChI is InChI=1S/C21H26N4O3/c1-4-11-24-12-14-25(15-13-24)20(23-26)19-10-5-16(2)22-21(19)28-18-8-6-17(27-3)7-9-18/h4-10,26H,1,11-15H2,2-3H3/b23-20-. The van der Waals surface area contributed by atoms with E-state index in [1.165, 1.54) is 0 Å². The van der Waals surface area contributed by atoms with Gasteiger partial charge in [-0.25, -0.2) is 4.98 Å². The van der Waals surface area contributed by atoms with E-state index >= 15 is 0 Å². The second-order valence-electron chi connectivity index (χ2n) is 6.58. The van der Waals surface area contributed by atoms with Gasteiger partial charge in [0.05, 0.1) is 12.7 Å². The molecule has 3 rings (SSSR count). The second-order valence-corrected chi connectivity index (χ2v) is 6.58. The highest BCUT2D eigenvalue weighted by atomic mass is 16.5. The molecule has 1 aromatic heterocycles. The molecule has 2 heterocycles. The minimum absolute atomic E-state index is 0.409. The van der Waals surface area contributed by atoms with Crippen LogP contribution in [0.25, 0.3) is 0 Å². The molecule has 0 atom stereocenters. The van der Waals surface area contributed by atoms with Crippen LogP contribution in [-0.2, 0) is 0 Å². The van der Waals surface area contributed by atoms with Crippen LogP contribution in [0.5, 0.6) is 17.4 Å². The highest BCUT2D eigenvalue weighted by Crippen LogP contribution is 2.27. The monoisotopic (exact) mass is 382 g/mol. The molecule has 1 saturated heterocycles. The van der Waals surface area contributed by atoms with Gasteiger partial charge in [0.15, 0.2) is 5.84 Å². The Labute approximate surface area is 165 Å². The number of hydrogen-bond acceptors (Lipinski definition) is 6. The lowest BCUT2D eigenvalue weighted by Gasteiger charge is -2.35. The molecule has 1 aromatic carbocycles. The fraction of sp³-hybridized carbons (Fsp3) is 0.333. The van der Waals surface area contributed by atoms with Gasteiger partial charge in [-0.2, -0.15) is 0 Å². The van der Waals surface area contributed by atoms with Gasteiger partial charge in [-0.1, -0.05) is 11.2 Å². The van der Waals surface area contributed by atoms with E-state index in [4.69, 9.17) is 9.47 Å². The van der Waals surface area contributed by atoms with Crippen molar-refractivity contribution >= 4 is 5.84 Å². The van der Waals surface area contributed by atoms with E-state index in [-0.39, 0.29) is 0 Å². The minimum Gasteiger partial charge on any atom is -0.497 e. The van der Waals surface area contributed by atoms with E-state index in [2.05, 4.69) is 21.6 Å². The smallest absolute Gasteiger partial charge is 0.230 e. The lowest BCUT2D eigenvalue weighted by Crippen LogP contribution is -2.49. The van der Waals surface area contributed by atoms with Crippen molar-refractivity contribution in [3.8, 4) is 17.4 Å². The maximum Gasteiger partial charge on any atom is 0.230 e. The maximum absolute atomic E-state index is 9.75. The van der Waals surface area contributed by atoms with Crippen molar-refractivity contribution in [2.75, 3.05) is 39.8 Å². The Morgan fingerprint density at radius 2 is 1.82 bits per heavy atom. The fourth-order valence-electron chi connectivity index (χ4n) is 3.15. The van der Waals surface area contributed by atoms with E-state index in [1.54, 1.807) is 7.11 Å². The molecule has 28 heavy (non-hydrogen) atoms. The van der Waals surface area contributed by atoms with Gasteiger partial charge in [-0.15, -0.1) is 6.58 Å². The zero-order chi connectivity index (χ0) is 19.9.